The van der Waals surface area contributed by atoms with Gasteiger partial charge in [0.2, 0.25) is 0 Å². The number of rotatable bonds is 3. The fourth-order valence-electron chi connectivity index (χ4n) is 3.98. The quantitative estimate of drug-likeness (QED) is 0.362. The monoisotopic (exact) mass is 413 g/mol. The Morgan fingerprint density at radius 2 is 1.55 bits per heavy atom. The first kappa shape index (κ1) is 20.4. The molecule has 0 radical (unpaired) electrons. The van der Waals surface area contributed by atoms with Gasteiger partial charge in [0.15, 0.2) is 0 Å². The number of ketones is 1. The van der Waals surface area contributed by atoms with Crippen LogP contribution in [0.4, 0.5) is 5.69 Å². The molecule has 0 bridgehead atoms. The van der Waals surface area contributed by atoms with Gasteiger partial charge in [-0.2, -0.15) is 0 Å². The lowest BCUT2D eigenvalue weighted by molar-refractivity contribution is -0.132. The van der Waals surface area contributed by atoms with E-state index in [4.69, 9.17) is 0 Å². The number of hydrogen-bond donors (Lipinski definition) is 2. The van der Waals surface area contributed by atoms with Crippen molar-refractivity contribution in [3.63, 3.8) is 0 Å². The predicted molar refractivity (Wildman–Crippen MR) is 120 cm³/mol. The molecule has 0 saturated carbocycles. The number of anilines is 1. The minimum Gasteiger partial charge on any atom is -0.508 e. The molecule has 1 amide bonds. The summed E-state index contributed by atoms with van der Waals surface area (Å²) in [6, 6.07) is 18.4. The fraction of sp³-hybridized carbons (Fsp3) is 0.154. The predicted octanol–water partition coefficient (Wildman–Crippen LogP) is 4.94. The van der Waals surface area contributed by atoms with E-state index in [-0.39, 0.29) is 17.1 Å². The zero-order valence-electron chi connectivity index (χ0n) is 17.6. The van der Waals surface area contributed by atoms with Crippen LogP contribution in [0.3, 0.4) is 0 Å². The number of Topliss-reactive ketones (excluding diaryl/α,β-unsaturated/α-hetero) is 1. The molecule has 1 unspecified atom stereocenters. The van der Waals surface area contributed by atoms with Crippen molar-refractivity contribution < 1.29 is 19.8 Å². The Morgan fingerprint density at radius 1 is 0.871 bits per heavy atom. The molecule has 156 valence electrons. The van der Waals surface area contributed by atoms with Crippen molar-refractivity contribution in [3.8, 4) is 5.75 Å². The Labute approximate surface area is 180 Å². The molecule has 0 spiro atoms. The van der Waals surface area contributed by atoms with Crippen LogP contribution in [0.15, 0.2) is 72.3 Å². The number of phenolic OH excluding ortho intramolecular Hbond substituents is 1. The molecule has 1 atom stereocenters. The maximum Gasteiger partial charge on any atom is 0.300 e. The SMILES string of the molecule is Cc1cccc(N2C(=O)C(=O)/C(=C(/O)c3cc(C)ccc3C)C2c2ccc(O)cc2)c1. The molecular formula is C26H23NO4. The molecule has 1 aliphatic rings. The number of aromatic hydroxyl groups is 1. The molecule has 5 nitrogen and oxygen atoms in total. The van der Waals surface area contributed by atoms with Gasteiger partial charge in [0.25, 0.3) is 11.7 Å². The summed E-state index contributed by atoms with van der Waals surface area (Å²) in [5.74, 6) is -1.56. The summed E-state index contributed by atoms with van der Waals surface area (Å²) in [6.07, 6.45) is 0. The van der Waals surface area contributed by atoms with Crippen molar-refractivity contribution in [1.29, 1.82) is 0 Å². The smallest absolute Gasteiger partial charge is 0.300 e. The number of nitrogens with zero attached hydrogens (tertiary/aromatic N) is 1. The summed E-state index contributed by atoms with van der Waals surface area (Å²) < 4.78 is 0. The van der Waals surface area contributed by atoms with Crippen LogP contribution in [-0.4, -0.2) is 21.9 Å². The molecular weight excluding hydrogens is 390 g/mol. The van der Waals surface area contributed by atoms with Crippen molar-refractivity contribution in [1.82, 2.24) is 0 Å². The van der Waals surface area contributed by atoms with Gasteiger partial charge >= 0.3 is 0 Å². The van der Waals surface area contributed by atoms with Gasteiger partial charge < -0.3 is 10.2 Å². The number of amides is 1. The second kappa shape index (κ2) is 7.76. The molecule has 0 aromatic heterocycles. The molecule has 3 aromatic carbocycles. The van der Waals surface area contributed by atoms with Crippen LogP contribution in [-0.2, 0) is 9.59 Å². The van der Waals surface area contributed by atoms with Crippen LogP contribution in [0.25, 0.3) is 5.76 Å². The number of hydrogen-bond acceptors (Lipinski definition) is 4. The lowest BCUT2D eigenvalue weighted by Crippen LogP contribution is -2.29. The highest BCUT2D eigenvalue weighted by atomic mass is 16.3. The van der Waals surface area contributed by atoms with Crippen LogP contribution in [0.2, 0.25) is 0 Å². The van der Waals surface area contributed by atoms with Crippen LogP contribution in [0, 0.1) is 20.8 Å². The Morgan fingerprint density at radius 3 is 2.23 bits per heavy atom. The van der Waals surface area contributed by atoms with E-state index < -0.39 is 17.7 Å². The normalized spacial score (nSPS) is 17.9. The summed E-state index contributed by atoms with van der Waals surface area (Å²) in [4.78, 5) is 27.7. The van der Waals surface area contributed by atoms with E-state index >= 15 is 0 Å². The van der Waals surface area contributed by atoms with Crippen molar-refractivity contribution in [3.05, 3.63) is 100 Å². The lowest BCUT2D eigenvalue weighted by Gasteiger charge is -2.26. The number of carbonyl (C=O) groups excluding carboxylic acids is 2. The van der Waals surface area contributed by atoms with Crippen LogP contribution in [0.1, 0.15) is 33.9 Å². The van der Waals surface area contributed by atoms with Gasteiger partial charge in [-0.15, -0.1) is 0 Å². The second-order valence-corrected chi connectivity index (χ2v) is 7.92. The molecule has 4 rings (SSSR count). The lowest BCUT2D eigenvalue weighted by atomic mass is 9.93. The molecule has 31 heavy (non-hydrogen) atoms. The van der Waals surface area contributed by atoms with E-state index in [2.05, 4.69) is 0 Å². The van der Waals surface area contributed by atoms with Gasteiger partial charge in [0, 0.05) is 11.3 Å². The molecule has 1 heterocycles. The van der Waals surface area contributed by atoms with E-state index in [9.17, 15) is 19.8 Å². The van der Waals surface area contributed by atoms with E-state index in [1.165, 1.54) is 17.0 Å². The molecule has 1 fully saturated rings. The van der Waals surface area contributed by atoms with Gasteiger partial charge in [0.1, 0.15) is 11.5 Å². The Hall–Kier alpha value is -3.86. The number of aliphatic hydroxyl groups excluding tert-OH is 1. The fourth-order valence-corrected chi connectivity index (χ4v) is 3.98. The average Bonchev–Trinajstić information content (AvgIpc) is 3.01. The van der Waals surface area contributed by atoms with Gasteiger partial charge in [-0.05, 0) is 67.8 Å². The summed E-state index contributed by atoms with van der Waals surface area (Å²) in [5, 5.41) is 21.0. The van der Waals surface area contributed by atoms with E-state index in [0.29, 0.717) is 16.8 Å². The van der Waals surface area contributed by atoms with E-state index in [0.717, 1.165) is 16.7 Å². The molecule has 3 aromatic rings. The van der Waals surface area contributed by atoms with Gasteiger partial charge in [-0.3, -0.25) is 14.5 Å². The van der Waals surface area contributed by atoms with Crippen molar-refractivity contribution in [2.45, 2.75) is 26.8 Å². The zero-order valence-corrected chi connectivity index (χ0v) is 17.6. The number of benzene rings is 3. The molecule has 5 heteroatoms. The van der Waals surface area contributed by atoms with Crippen molar-refractivity contribution in [2.24, 2.45) is 0 Å². The highest BCUT2D eigenvalue weighted by Crippen LogP contribution is 2.43. The summed E-state index contributed by atoms with van der Waals surface area (Å²) in [6.45, 7) is 5.66. The van der Waals surface area contributed by atoms with Crippen LogP contribution in [0.5, 0.6) is 5.75 Å². The van der Waals surface area contributed by atoms with E-state index in [1.54, 1.807) is 24.3 Å². The maximum atomic E-state index is 13.2. The first-order chi connectivity index (χ1) is 14.8. The summed E-state index contributed by atoms with van der Waals surface area (Å²) >= 11 is 0. The Kier molecular flexibility index (Phi) is 5.11. The third-order valence-electron chi connectivity index (χ3n) is 5.58. The first-order valence-electron chi connectivity index (χ1n) is 10.0. The minimum absolute atomic E-state index is 0.0332. The van der Waals surface area contributed by atoms with Crippen molar-refractivity contribution >= 4 is 23.1 Å². The number of aliphatic hydroxyl groups is 1. The standard InChI is InChI=1S/C26H23NO4/c1-15-5-4-6-19(13-15)27-23(18-9-11-20(28)12-10-18)22(25(30)26(27)31)24(29)21-14-16(2)7-8-17(21)3/h4-14,23,28-29H,1-3H3/b24-22+. The topological polar surface area (TPSA) is 77.8 Å². The minimum atomic E-state index is -0.817. The number of aryl methyl sites for hydroxylation is 3. The Balaban J connectivity index is 1.99. The van der Waals surface area contributed by atoms with Crippen LogP contribution < -0.4 is 4.90 Å². The Bertz CT molecular complexity index is 1220. The second-order valence-electron chi connectivity index (χ2n) is 7.92. The molecule has 1 saturated heterocycles. The van der Waals surface area contributed by atoms with Crippen LogP contribution >= 0.6 is 0 Å². The third-order valence-corrected chi connectivity index (χ3v) is 5.58. The third kappa shape index (κ3) is 3.59. The van der Waals surface area contributed by atoms with Gasteiger partial charge in [0.05, 0.1) is 11.6 Å². The highest BCUT2D eigenvalue weighted by molar-refractivity contribution is 6.51. The summed E-state index contributed by atoms with van der Waals surface area (Å²) in [7, 11) is 0. The zero-order chi connectivity index (χ0) is 22.3. The molecule has 2 N–H and O–H groups in total. The molecule has 1 aliphatic heterocycles. The maximum absolute atomic E-state index is 13.2. The number of carbonyl (C=O) groups is 2. The number of phenols is 1. The highest BCUT2D eigenvalue weighted by Gasteiger charge is 2.47. The van der Waals surface area contributed by atoms with Crippen molar-refractivity contribution in [2.75, 3.05) is 4.90 Å². The van der Waals surface area contributed by atoms with Gasteiger partial charge in [-0.25, -0.2) is 0 Å². The first-order valence-corrected chi connectivity index (χ1v) is 10.0. The average molecular weight is 413 g/mol. The summed E-state index contributed by atoms with van der Waals surface area (Å²) in [5.41, 5.74) is 4.41. The largest absolute Gasteiger partial charge is 0.508 e. The molecule has 0 aliphatic carbocycles. The van der Waals surface area contributed by atoms with Gasteiger partial charge in [-0.1, -0.05) is 42.0 Å². The van der Waals surface area contributed by atoms with E-state index in [1.807, 2.05) is 51.1 Å².